The lowest BCUT2D eigenvalue weighted by Gasteiger charge is -2.25. The molecule has 2 aromatic carbocycles. The van der Waals surface area contributed by atoms with Crippen molar-refractivity contribution in [2.24, 2.45) is 5.92 Å². The number of sulfonamides is 1. The summed E-state index contributed by atoms with van der Waals surface area (Å²) in [4.78, 5) is 24.3. The number of para-hydroxylation sites is 2. The van der Waals surface area contributed by atoms with E-state index in [-0.39, 0.29) is 28.6 Å². The molecule has 1 saturated carbocycles. The summed E-state index contributed by atoms with van der Waals surface area (Å²) in [5.41, 5.74) is 0.241. The molecule has 0 heterocycles. The lowest BCUT2D eigenvalue weighted by atomic mass is 10.2. The number of ether oxygens (including phenoxy) is 2. The molecule has 0 spiro atoms. The number of carbonyl (C=O) groups is 2. The first-order valence-corrected chi connectivity index (χ1v) is 12.1. The van der Waals surface area contributed by atoms with Crippen molar-refractivity contribution >= 4 is 39.2 Å². The van der Waals surface area contributed by atoms with Gasteiger partial charge in [0.2, 0.25) is 0 Å². The van der Waals surface area contributed by atoms with E-state index in [2.05, 4.69) is 11.9 Å². The molecule has 1 N–H and O–H groups in total. The number of rotatable bonds is 11. The zero-order valence-electron chi connectivity index (χ0n) is 18.1. The van der Waals surface area contributed by atoms with Gasteiger partial charge in [-0.05, 0) is 49.1 Å². The van der Waals surface area contributed by atoms with Crippen LogP contribution in [0.4, 0.5) is 5.69 Å². The quantitative estimate of drug-likeness (QED) is 0.381. The van der Waals surface area contributed by atoms with Gasteiger partial charge < -0.3 is 14.8 Å². The minimum Gasteiger partial charge on any atom is -0.495 e. The molecule has 1 amide bonds. The summed E-state index contributed by atoms with van der Waals surface area (Å²) in [6.07, 6.45) is 3.52. The highest BCUT2D eigenvalue weighted by Crippen LogP contribution is 2.33. The third-order valence-corrected chi connectivity index (χ3v) is 7.09. The van der Waals surface area contributed by atoms with Crippen molar-refractivity contribution in [3.63, 3.8) is 0 Å². The SMILES string of the molecule is C=CCN(c1ccccc1OC)S(=O)(=O)c1ccc(Cl)c(C(=O)NCC(=O)OCC2CC2)c1. The van der Waals surface area contributed by atoms with Crippen LogP contribution < -0.4 is 14.4 Å². The van der Waals surface area contributed by atoms with Crippen LogP contribution in [0.1, 0.15) is 23.2 Å². The number of carbonyl (C=O) groups excluding carboxylic acids is 2. The van der Waals surface area contributed by atoms with Crippen LogP contribution in [0.5, 0.6) is 5.75 Å². The molecule has 8 nitrogen and oxygen atoms in total. The first-order chi connectivity index (χ1) is 15.8. The van der Waals surface area contributed by atoms with Crippen LogP contribution >= 0.6 is 11.6 Å². The average molecular weight is 493 g/mol. The summed E-state index contributed by atoms with van der Waals surface area (Å²) < 4.78 is 38.5. The largest absolute Gasteiger partial charge is 0.495 e. The van der Waals surface area contributed by atoms with Gasteiger partial charge in [-0.15, -0.1) is 6.58 Å². The fraction of sp³-hybridized carbons (Fsp3) is 0.304. The van der Waals surface area contributed by atoms with E-state index >= 15 is 0 Å². The fourth-order valence-electron chi connectivity index (χ4n) is 3.04. The second-order valence-electron chi connectivity index (χ2n) is 7.45. The van der Waals surface area contributed by atoms with Crippen molar-refractivity contribution in [1.29, 1.82) is 0 Å². The Bertz CT molecular complexity index is 1150. The predicted molar refractivity (Wildman–Crippen MR) is 125 cm³/mol. The maximum Gasteiger partial charge on any atom is 0.325 e. The van der Waals surface area contributed by atoms with Crippen LogP contribution in [0.2, 0.25) is 5.02 Å². The minimum atomic E-state index is -4.11. The number of hydrogen-bond acceptors (Lipinski definition) is 6. The normalized spacial score (nSPS) is 13.2. The molecule has 1 aliphatic carbocycles. The third kappa shape index (κ3) is 6.06. The Morgan fingerprint density at radius 1 is 1.24 bits per heavy atom. The number of benzene rings is 2. The number of anilines is 1. The lowest BCUT2D eigenvalue weighted by molar-refractivity contribution is -0.142. The molecule has 0 saturated heterocycles. The summed E-state index contributed by atoms with van der Waals surface area (Å²) in [6, 6.07) is 10.5. The highest BCUT2D eigenvalue weighted by atomic mass is 35.5. The number of esters is 1. The highest BCUT2D eigenvalue weighted by molar-refractivity contribution is 7.92. The summed E-state index contributed by atoms with van der Waals surface area (Å²) in [5.74, 6) is -0.487. The van der Waals surface area contributed by atoms with Gasteiger partial charge in [0.05, 0.1) is 41.4 Å². The molecule has 0 aromatic heterocycles. The number of amides is 1. The zero-order valence-corrected chi connectivity index (χ0v) is 19.7. The molecule has 3 rings (SSSR count). The van der Waals surface area contributed by atoms with Crippen LogP contribution in [0.15, 0.2) is 60.0 Å². The van der Waals surface area contributed by atoms with Crippen molar-refractivity contribution < 1.29 is 27.5 Å². The molecule has 0 unspecified atom stereocenters. The molecular formula is C23H25ClN2O6S. The van der Waals surface area contributed by atoms with Gasteiger partial charge in [-0.3, -0.25) is 13.9 Å². The Morgan fingerprint density at radius 2 is 1.97 bits per heavy atom. The van der Waals surface area contributed by atoms with Gasteiger partial charge in [-0.2, -0.15) is 0 Å². The van der Waals surface area contributed by atoms with E-state index < -0.39 is 21.9 Å². The van der Waals surface area contributed by atoms with E-state index in [0.717, 1.165) is 17.1 Å². The minimum absolute atomic E-state index is 0.0281. The van der Waals surface area contributed by atoms with E-state index in [4.69, 9.17) is 21.1 Å². The molecule has 0 bridgehead atoms. The van der Waals surface area contributed by atoms with Gasteiger partial charge >= 0.3 is 5.97 Å². The van der Waals surface area contributed by atoms with Crippen molar-refractivity contribution in [3.05, 3.63) is 65.7 Å². The van der Waals surface area contributed by atoms with E-state index in [1.54, 1.807) is 24.3 Å². The zero-order chi connectivity index (χ0) is 24.0. The maximum atomic E-state index is 13.5. The van der Waals surface area contributed by atoms with Gasteiger partial charge in [0.25, 0.3) is 15.9 Å². The topological polar surface area (TPSA) is 102 Å². The van der Waals surface area contributed by atoms with Crippen molar-refractivity contribution in [2.75, 3.05) is 31.1 Å². The summed E-state index contributed by atoms with van der Waals surface area (Å²) in [7, 11) is -2.67. The summed E-state index contributed by atoms with van der Waals surface area (Å²) in [5, 5.41) is 2.47. The highest BCUT2D eigenvalue weighted by Gasteiger charge is 2.28. The van der Waals surface area contributed by atoms with Crippen LogP contribution in [0.3, 0.4) is 0 Å². The van der Waals surface area contributed by atoms with Crippen LogP contribution in [0.25, 0.3) is 0 Å². The van der Waals surface area contributed by atoms with Gasteiger partial charge in [-0.25, -0.2) is 8.42 Å². The van der Waals surface area contributed by atoms with Crippen LogP contribution in [-0.2, 0) is 19.6 Å². The van der Waals surface area contributed by atoms with Crippen LogP contribution in [-0.4, -0.2) is 47.1 Å². The van der Waals surface area contributed by atoms with Gasteiger partial charge in [0.1, 0.15) is 12.3 Å². The van der Waals surface area contributed by atoms with E-state index in [1.807, 2.05) is 0 Å². The maximum absolute atomic E-state index is 13.5. The van der Waals surface area contributed by atoms with Crippen molar-refractivity contribution in [3.8, 4) is 5.75 Å². The second kappa shape index (κ2) is 10.7. The van der Waals surface area contributed by atoms with Gasteiger partial charge in [-0.1, -0.05) is 29.8 Å². The van der Waals surface area contributed by atoms with Crippen LogP contribution in [0, 0.1) is 5.92 Å². The summed E-state index contributed by atoms with van der Waals surface area (Å²) in [6.45, 7) is 3.61. The smallest absolute Gasteiger partial charge is 0.325 e. The first-order valence-electron chi connectivity index (χ1n) is 10.3. The lowest BCUT2D eigenvalue weighted by Crippen LogP contribution is -2.33. The molecule has 10 heteroatoms. The fourth-order valence-corrected chi connectivity index (χ4v) is 4.72. The van der Waals surface area contributed by atoms with Gasteiger partial charge in [0.15, 0.2) is 0 Å². The van der Waals surface area contributed by atoms with Crippen molar-refractivity contribution in [2.45, 2.75) is 17.7 Å². The predicted octanol–water partition coefficient (Wildman–Crippen LogP) is 3.41. The first kappa shape index (κ1) is 24.6. The standard InChI is InChI=1S/C23H25ClN2O6S/c1-3-12-26(20-6-4-5-7-21(20)31-2)33(29,30)17-10-11-19(24)18(13-17)23(28)25-14-22(27)32-15-16-8-9-16/h3-7,10-11,13,16H,1,8-9,12,14-15H2,2H3,(H,25,28). The number of halogens is 1. The number of nitrogens with one attached hydrogen (secondary N) is 1. The molecule has 0 radical (unpaired) electrons. The van der Waals surface area contributed by atoms with Gasteiger partial charge in [0, 0.05) is 0 Å². The molecule has 176 valence electrons. The second-order valence-corrected chi connectivity index (χ2v) is 9.72. The average Bonchev–Trinajstić information content (AvgIpc) is 3.64. The Hall–Kier alpha value is -3.04. The molecule has 2 aromatic rings. The molecular weight excluding hydrogens is 468 g/mol. The molecule has 0 atom stereocenters. The molecule has 0 aliphatic heterocycles. The Kier molecular flexibility index (Phi) is 7.99. The number of nitrogens with zero attached hydrogens (tertiary/aromatic N) is 1. The molecule has 1 aliphatic rings. The monoisotopic (exact) mass is 492 g/mol. The van der Waals surface area contributed by atoms with E-state index in [9.17, 15) is 18.0 Å². The van der Waals surface area contributed by atoms with E-state index in [1.165, 1.54) is 31.4 Å². The third-order valence-electron chi connectivity index (χ3n) is 4.99. The summed E-state index contributed by atoms with van der Waals surface area (Å²) >= 11 is 6.15. The molecule has 1 fully saturated rings. The molecule has 33 heavy (non-hydrogen) atoms. The number of methoxy groups -OCH3 is 1. The Balaban J connectivity index is 1.84. The Labute approximate surface area is 198 Å². The number of hydrogen-bond donors (Lipinski definition) is 1. The Morgan fingerprint density at radius 3 is 2.64 bits per heavy atom. The van der Waals surface area contributed by atoms with E-state index in [0.29, 0.717) is 24.0 Å². The van der Waals surface area contributed by atoms with Crippen molar-refractivity contribution in [1.82, 2.24) is 5.32 Å².